The Kier molecular flexibility index (Phi) is 7.50. The van der Waals surface area contributed by atoms with Crippen LogP contribution in [0.3, 0.4) is 0 Å². The van der Waals surface area contributed by atoms with Gasteiger partial charge in [0, 0.05) is 13.5 Å². The van der Waals surface area contributed by atoms with Gasteiger partial charge in [-0.3, -0.25) is 4.18 Å². The molecule has 0 N–H and O–H groups in total. The van der Waals surface area contributed by atoms with Crippen LogP contribution < -0.4 is 0 Å². The fourth-order valence-corrected chi connectivity index (χ4v) is 1.86. The highest BCUT2D eigenvalue weighted by atomic mass is 32.2. The van der Waals surface area contributed by atoms with Crippen LogP contribution in [0.4, 0.5) is 0 Å². The molecule has 0 aliphatic heterocycles. The Morgan fingerprint density at radius 3 is 2.05 bits per heavy atom. The summed E-state index contributed by atoms with van der Waals surface area (Å²) in [5.41, 5.74) is -0.577. The lowest BCUT2D eigenvalue weighted by Gasteiger charge is -2.30. The van der Waals surface area contributed by atoms with Crippen molar-refractivity contribution in [3.05, 3.63) is 0 Å². The van der Waals surface area contributed by atoms with Gasteiger partial charge in [-0.05, 0) is 33.6 Å². The first kappa shape index (κ1) is 18.8. The molecule has 0 heterocycles. The molecule has 116 valence electrons. The highest BCUT2D eigenvalue weighted by molar-refractivity contribution is 7.85. The molecule has 0 amide bonds. The molecule has 0 aliphatic rings. The summed E-state index contributed by atoms with van der Waals surface area (Å²) in [4.78, 5) is 0. The van der Waals surface area contributed by atoms with Crippen molar-refractivity contribution in [1.29, 1.82) is 0 Å². The van der Waals surface area contributed by atoms with Crippen LogP contribution in [0, 0.1) is 0 Å². The Hall–Kier alpha value is -0.170. The zero-order valence-electron chi connectivity index (χ0n) is 13.0. The van der Waals surface area contributed by atoms with E-state index < -0.39 is 15.7 Å². The largest absolute Gasteiger partial charge is 0.378 e. The van der Waals surface area contributed by atoms with Gasteiger partial charge in [0.15, 0.2) is 0 Å². The van der Waals surface area contributed by atoms with Crippen molar-refractivity contribution in [3.63, 3.8) is 0 Å². The van der Waals surface area contributed by atoms with Crippen LogP contribution in [-0.2, 0) is 23.8 Å². The standard InChI is InChI=1S/C13H28O5S/c1-7-13(4,16-5)9-10-17-12(2,3)8-11-18-19(6,14)15/h7-11H2,1-6H3. The number of rotatable bonds is 10. The van der Waals surface area contributed by atoms with Gasteiger partial charge in [-0.25, -0.2) is 0 Å². The SMILES string of the molecule is CCC(C)(CCOC(C)(C)CCOS(C)(=O)=O)OC. The van der Waals surface area contributed by atoms with Gasteiger partial charge >= 0.3 is 0 Å². The molecule has 0 saturated carbocycles. The first-order valence-corrected chi connectivity index (χ1v) is 8.39. The predicted molar refractivity (Wildman–Crippen MR) is 75.8 cm³/mol. The Morgan fingerprint density at radius 1 is 1.05 bits per heavy atom. The van der Waals surface area contributed by atoms with E-state index in [1.54, 1.807) is 7.11 Å². The lowest BCUT2D eigenvalue weighted by molar-refractivity contribution is -0.0714. The fourth-order valence-electron chi connectivity index (χ4n) is 1.48. The summed E-state index contributed by atoms with van der Waals surface area (Å²) in [7, 11) is -1.67. The quantitative estimate of drug-likeness (QED) is 0.579. The predicted octanol–water partition coefficient (Wildman–Crippen LogP) is 2.35. The van der Waals surface area contributed by atoms with Crippen molar-refractivity contribution in [3.8, 4) is 0 Å². The van der Waals surface area contributed by atoms with Gasteiger partial charge in [-0.15, -0.1) is 0 Å². The molecule has 0 aromatic heterocycles. The molecule has 1 atom stereocenters. The Bertz CT molecular complexity index is 344. The zero-order chi connectivity index (χ0) is 15.2. The van der Waals surface area contributed by atoms with E-state index in [4.69, 9.17) is 13.7 Å². The number of methoxy groups -OCH3 is 1. The molecule has 5 nitrogen and oxygen atoms in total. The van der Waals surface area contributed by atoms with Crippen molar-refractivity contribution in [2.75, 3.05) is 26.6 Å². The molecule has 0 radical (unpaired) electrons. The molecule has 0 spiro atoms. The lowest BCUT2D eigenvalue weighted by atomic mass is 9.99. The average Bonchev–Trinajstić information content (AvgIpc) is 2.26. The summed E-state index contributed by atoms with van der Waals surface area (Å²) in [6.07, 6.45) is 3.29. The van der Waals surface area contributed by atoms with E-state index in [9.17, 15) is 8.42 Å². The topological polar surface area (TPSA) is 61.8 Å². The Labute approximate surface area is 117 Å². The van der Waals surface area contributed by atoms with Crippen LogP contribution in [0.25, 0.3) is 0 Å². The van der Waals surface area contributed by atoms with Gasteiger partial charge in [-0.2, -0.15) is 8.42 Å². The Morgan fingerprint density at radius 2 is 1.63 bits per heavy atom. The normalized spacial score (nSPS) is 16.3. The third-order valence-corrected chi connectivity index (χ3v) is 3.96. The number of hydrogen-bond acceptors (Lipinski definition) is 5. The molecule has 0 aromatic rings. The van der Waals surface area contributed by atoms with Crippen LogP contribution in [0.2, 0.25) is 0 Å². The molecule has 0 aromatic carbocycles. The summed E-state index contributed by atoms with van der Waals surface area (Å²) >= 11 is 0. The van der Waals surface area contributed by atoms with Gasteiger partial charge in [0.2, 0.25) is 0 Å². The fraction of sp³-hybridized carbons (Fsp3) is 1.00. The highest BCUT2D eigenvalue weighted by Crippen LogP contribution is 2.21. The minimum atomic E-state index is -3.37. The summed E-state index contributed by atoms with van der Waals surface area (Å²) in [6.45, 7) is 8.69. The molecule has 19 heavy (non-hydrogen) atoms. The molecule has 0 fully saturated rings. The number of hydrogen-bond donors (Lipinski definition) is 0. The van der Waals surface area contributed by atoms with Crippen molar-refractivity contribution in [2.24, 2.45) is 0 Å². The second kappa shape index (κ2) is 7.57. The lowest BCUT2D eigenvalue weighted by Crippen LogP contribution is -2.32. The summed E-state index contributed by atoms with van der Waals surface area (Å²) < 4.78 is 37.7. The minimum absolute atomic E-state index is 0.140. The average molecular weight is 296 g/mol. The molecule has 6 heteroatoms. The molecule has 0 bridgehead atoms. The molecular weight excluding hydrogens is 268 g/mol. The Balaban J connectivity index is 4.03. The van der Waals surface area contributed by atoms with Gasteiger partial charge in [-0.1, -0.05) is 6.92 Å². The van der Waals surface area contributed by atoms with Gasteiger partial charge in [0.25, 0.3) is 10.1 Å². The van der Waals surface area contributed by atoms with E-state index in [0.717, 1.165) is 19.1 Å². The maximum atomic E-state index is 10.9. The third-order valence-electron chi connectivity index (χ3n) is 3.37. The van der Waals surface area contributed by atoms with Crippen LogP contribution in [-0.4, -0.2) is 46.2 Å². The van der Waals surface area contributed by atoms with E-state index in [1.807, 2.05) is 13.8 Å². The third kappa shape index (κ3) is 9.38. The van der Waals surface area contributed by atoms with Gasteiger partial charge in [0.1, 0.15) is 0 Å². The van der Waals surface area contributed by atoms with E-state index in [1.165, 1.54) is 0 Å². The molecule has 1 unspecified atom stereocenters. The van der Waals surface area contributed by atoms with Crippen LogP contribution in [0.5, 0.6) is 0 Å². The summed E-state index contributed by atoms with van der Waals surface area (Å²) in [5, 5.41) is 0. The molecular formula is C13H28O5S. The molecule has 0 saturated heterocycles. The van der Waals surface area contributed by atoms with Gasteiger partial charge in [0.05, 0.1) is 30.7 Å². The van der Waals surface area contributed by atoms with E-state index >= 15 is 0 Å². The first-order chi connectivity index (χ1) is 8.54. The smallest absolute Gasteiger partial charge is 0.264 e. The van der Waals surface area contributed by atoms with Crippen LogP contribution in [0.15, 0.2) is 0 Å². The second-order valence-corrected chi connectivity index (χ2v) is 7.29. The maximum Gasteiger partial charge on any atom is 0.264 e. The summed E-state index contributed by atoms with van der Waals surface area (Å²) in [6, 6.07) is 0. The van der Waals surface area contributed by atoms with Crippen molar-refractivity contribution in [1.82, 2.24) is 0 Å². The first-order valence-electron chi connectivity index (χ1n) is 6.57. The van der Waals surface area contributed by atoms with Crippen LogP contribution in [0.1, 0.15) is 47.0 Å². The minimum Gasteiger partial charge on any atom is -0.378 e. The van der Waals surface area contributed by atoms with Crippen LogP contribution >= 0.6 is 0 Å². The second-order valence-electron chi connectivity index (χ2n) is 5.64. The van der Waals surface area contributed by atoms with Crippen molar-refractivity contribution in [2.45, 2.75) is 58.2 Å². The van der Waals surface area contributed by atoms with E-state index in [0.29, 0.717) is 13.0 Å². The van der Waals surface area contributed by atoms with E-state index in [2.05, 4.69) is 13.8 Å². The number of ether oxygens (including phenoxy) is 2. The zero-order valence-corrected chi connectivity index (χ0v) is 13.8. The van der Waals surface area contributed by atoms with Crippen molar-refractivity contribution < 1.29 is 22.1 Å². The van der Waals surface area contributed by atoms with E-state index in [-0.39, 0.29) is 12.2 Å². The van der Waals surface area contributed by atoms with Crippen molar-refractivity contribution >= 4 is 10.1 Å². The maximum absolute atomic E-state index is 10.9. The highest BCUT2D eigenvalue weighted by Gasteiger charge is 2.24. The summed E-state index contributed by atoms with van der Waals surface area (Å²) in [5.74, 6) is 0. The molecule has 0 rings (SSSR count). The monoisotopic (exact) mass is 296 g/mol. The van der Waals surface area contributed by atoms with Gasteiger partial charge < -0.3 is 9.47 Å². The molecule has 0 aliphatic carbocycles.